The van der Waals surface area contributed by atoms with Crippen LogP contribution < -0.4 is 5.32 Å². The first-order valence-electron chi connectivity index (χ1n) is 6.64. The Labute approximate surface area is 93.8 Å². The molecule has 15 heavy (non-hydrogen) atoms. The largest absolute Gasteiger partial charge is 0.384 e. The molecule has 1 saturated carbocycles. The molecular weight excluding hydrogens is 186 g/mol. The summed E-state index contributed by atoms with van der Waals surface area (Å²) in [5.74, 6) is 1.70. The van der Waals surface area contributed by atoms with Crippen LogP contribution in [0.3, 0.4) is 0 Å². The van der Waals surface area contributed by atoms with Gasteiger partial charge in [-0.05, 0) is 44.1 Å². The molecular formula is C13H25NO. The maximum atomic E-state index is 5.36. The summed E-state index contributed by atoms with van der Waals surface area (Å²) in [4.78, 5) is 0. The van der Waals surface area contributed by atoms with E-state index in [0.717, 1.165) is 24.5 Å². The van der Waals surface area contributed by atoms with Gasteiger partial charge in [0.1, 0.15) is 0 Å². The lowest BCUT2D eigenvalue weighted by atomic mass is 9.76. The van der Waals surface area contributed by atoms with Gasteiger partial charge in [-0.1, -0.05) is 19.3 Å². The number of piperidine rings is 1. The molecule has 0 aromatic carbocycles. The van der Waals surface area contributed by atoms with Crippen LogP contribution in [-0.4, -0.2) is 26.3 Å². The number of ether oxygens (including phenoxy) is 1. The molecule has 2 rings (SSSR count). The molecule has 1 saturated heterocycles. The van der Waals surface area contributed by atoms with Gasteiger partial charge >= 0.3 is 0 Å². The zero-order valence-electron chi connectivity index (χ0n) is 10.0. The zero-order valence-corrected chi connectivity index (χ0v) is 10.0. The van der Waals surface area contributed by atoms with Gasteiger partial charge in [0.25, 0.3) is 0 Å². The van der Waals surface area contributed by atoms with Gasteiger partial charge in [0.05, 0.1) is 6.61 Å². The monoisotopic (exact) mass is 211 g/mol. The van der Waals surface area contributed by atoms with E-state index in [2.05, 4.69) is 5.32 Å². The third-order valence-corrected chi connectivity index (χ3v) is 4.18. The first-order chi connectivity index (χ1) is 7.42. The highest BCUT2D eigenvalue weighted by Gasteiger charge is 2.31. The van der Waals surface area contributed by atoms with Crippen LogP contribution in [0.1, 0.15) is 44.9 Å². The molecule has 0 aromatic rings. The average molecular weight is 211 g/mol. The molecule has 0 bridgehead atoms. The lowest BCUT2D eigenvalue weighted by Crippen LogP contribution is -2.48. The molecule has 2 atom stereocenters. The van der Waals surface area contributed by atoms with Gasteiger partial charge in [0.2, 0.25) is 0 Å². The number of nitrogens with one attached hydrogen (secondary N) is 1. The van der Waals surface area contributed by atoms with Crippen molar-refractivity contribution in [1.29, 1.82) is 0 Å². The fraction of sp³-hybridized carbons (Fsp3) is 1.00. The van der Waals surface area contributed by atoms with Crippen LogP contribution in [0.5, 0.6) is 0 Å². The van der Waals surface area contributed by atoms with Crippen LogP contribution in [0.15, 0.2) is 0 Å². The van der Waals surface area contributed by atoms with Gasteiger partial charge in [-0.3, -0.25) is 0 Å². The first kappa shape index (κ1) is 11.4. The van der Waals surface area contributed by atoms with E-state index in [0.29, 0.717) is 0 Å². The molecule has 0 radical (unpaired) electrons. The minimum atomic E-state index is 0.749. The van der Waals surface area contributed by atoms with E-state index < -0.39 is 0 Å². The highest BCUT2D eigenvalue weighted by Crippen LogP contribution is 2.32. The molecule has 0 amide bonds. The topological polar surface area (TPSA) is 21.3 Å². The van der Waals surface area contributed by atoms with Gasteiger partial charge in [0, 0.05) is 13.2 Å². The Hall–Kier alpha value is -0.0800. The summed E-state index contributed by atoms with van der Waals surface area (Å²) >= 11 is 0. The summed E-state index contributed by atoms with van der Waals surface area (Å²) < 4.78 is 5.36. The van der Waals surface area contributed by atoms with Crippen LogP contribution in [0.4, 0.5) is 0 Å². The van der Waals surface area contributed by atoms with E-state index in [1.54, 1.807) is 0 Å². The minimum absolute atomic E-state index is 0.749. The van der Waals surface area contributed by atoms with E-state index >= 15 is 0 Å². The molecule has 88 valence electrons. The van der Waals surface area contributed by atoms with Crippen LogP contribution in [0.2, 0.25) is 0 Å². The van der Waals surface area contributed by atoms with Crippen molar-refractivity contribution in [2.75, 3.05) is 20.3 Å². The zero-order chi connectivity index (χ0) is 10.5. The highest BCUT2D eigenvalue weighted by atomic mass is 16.5. The van der Waals surface area contributed by atoms with Crippen molar-refractivity contribution in [3.05, 3.63) is 0 Å². The summed E-state index contributed by atoms with van der Waals surface area (Å²) in [6, 6.07) is 0.749. The van der Waals surface area contributed by atoms with Crippen molar-refractivity contribution in [1.82, 2.24) is 5.32 Å². The Bertz CT molecular complexity index is 165. The van der Waals surface area contributed by atoms with Crippen LogP contribution >= 0.6 is 0 Å². The summed E-state index contributed by atoms with van der Waals surface area (Å²) in [7, 11) is 1.84. The van der Waals surface area contributed by atoms with E-state index in [-0.39, 0.29) is 0 Å². The minimum Gasteiger partial charge on any atom is -0.384 e. The Morgan fingerprint density at radius 1 is 1.07 bits per heavy atom. The van der Waals surface area contributed by atoms with E-state index in [4.69, 9.17) is 4.74 Å². The Kier molecular flexibility index (Phi) is 4.45. The molecule has 1 aliphatic heterocycles. The maximum absolute atomic E-state index is 5.36. The molecule has 2 aliphatic rings. The molecule has 0 aromatic heterocycles. The fourth-order valence-electron chi connectivity index (χ4n) is 3.43. The van der Waals surface area contributed by atoms with Gasteiger partial charge in [0.15, 0.2) is 0 Å². The van der Waals surface area contributed by atoms with Crippen molar-refractivity contribution >= 4 is 0 Å². The molecule has 0 spiro atoms. The lowest BCUT2D eigenvalue weighted by Gasteiger charge is -2.39. The lowest BCUT2D eigenvalue weighted by molar-refractivity contribution is 0.0816. The predicted octanol–water partition coefficient (Wildman–Crippen LogP) is 2.58. The number of hydrogen-bond acceptors (Lipinski definition) is 2. The SMILES string of the molecule is COCC1CCCNC1C1CCCCC1. The van der Waals surface area contributed by atoms with Gasteiger partial charge in [-0.25, -0.2) is 0 Å². The Morgan fingerprint density at radius 3 is 2.60 bits per heavy atom. The van der Waals surface area contributed by atoms with E-state index in [1.807, 2.05) is 7.11 Å². The molecule has 1 aliphatic carbocycles. The number of methoxy groups -OCH3 is 1. The van der Waals surface area contributed by atoms with Crippen molar-refractivity contribution in [2.45, 2.75) is 51.0 Å². The van der Waals surface area contributed by atoms with Crippen molar-refractivity contribution in [3.63, 3.8) is 0 Å². The third kappa shape index (κ3) is 2.94. The Morgan fingerprint density at radius 2 is 1.87 bits per heavy atom. The molecule has 1 heterocycles. The second-order valence-electron chi connectivity index (χ2n) is 5.24. The van der Waals surface area contributed by atoms with Crippen LogP contribution in [-0.2, 0) is 4.74 Å². The Balaban J connectivity index is 1.90. The molecule has 2 nitrogen and oxygen atoms in total. The summed E-state index contributed by atoms with van der Waals surface area (Å²) in [6.07, 6.45) is 9.93. The molecule has 2 unspecified atom stereocenters. The third-order valence-electron chi connectivity index (χ3n) is 4.18. The average Bonchev–Trinajstić information content (AvgIpc) is 2.31. The van der Waals surface area contributed by atoms with Crippen molar-refractivity contribution in [3.8, 4) is 0 Å². The van der Waals surface area contributed by atoms with Crippen molar-refractivity contribution < 1.29 is 4.74 Å². The van der Waals surface area contributed by atoms with E-state index in [9.17, 15) is 0 Å². The van der Waals surface area contributed by atoms with Crippen LogP contribution in [0.25, 0.3) is 0 Å². The smallest absolute Gasteiger partial charge is 0.0505 e. The van der Waals surface area contributed by atoms with Gasteiger partial charge < -0.3 is 10.1 Å². The van der Waals surface area contributed by atoms with Gasteiger partial charge in [-0.2, -0.15) is 0 Å². The summed E-state index contributed by atoms with van der Waals surface area (Å²) in [6.45, 7) is 2.18. The standard InChI is InChI=1S/C13H25NO/c1-15-10-12-8-5-9-14-13(12)11-6-3-2-4-7-11/h11-14H,2-10H2,1H3. The quantitative estimate of drug-likeness (QED) is 0.774. The first-order valence-corrected chi connectivity index (χ1v) is 6.64. The van der Waals surface area contributed by atoms with E-state index in [1.165, 1.54) is 51.5 Å². The van der Waals surface area contributed by atoms with Gasteiger partial charge in [-0.15, -0.1) is 0 Å². The maximum Gasteiger partial charge on any atom is 0.0505 e. The summed E-state index contributed by atoms with van der Waals surface area (Å²) in [5, 5.41) is 3.74. The predicted molar refractivity (Wildman–Crippen MR) is 63.0 cm³/mol. The number of rotatable bonds is 3. The molecule has 1 N–H and O–H groups in total. The van der Waals surface area contributed by atoms with Crippen molar-refractivity contribution in [2.24, 2.45) is 11.8 Å². The molecule has 2 fully saturated rings. The normalized spacial score (nSPS) is 34.2. The second kappa shape index (κ2) is 5.86. The molecule has 2 heteroatoms. The highest BCUT2D eigenvalue weighted by molar-refractivity contribution is 4.87. The number of hydrogen-bond donors (Lipinski definition) is 1. The summed E-state index contributed by atoms with van der Waals surface area (Å²) in [5.41, 5.74) is 0. The second-order valence-corrected chi connectivity index (χ2v) is 5.24. The fourth-order valence-corrected chi connectivity index (χ4v) is 3.43. The van der Waals surface area contributed by atoms with Crippen LogP contribution in [0, 0.1) is 11.8 Å².